The number of carbonyl (C=O) groups excluding carboxylic acids is 1. The summed E-state index contributed by atoms with van der Waals surface area (Å²) >= 11 is 0. The molecule has 1 aromatic carbocycles. The second-order valence-corrected chi connectivity index (χ2v) is 3.43. The van der Waals surface area contributed by atoms with Gasteiger partial charge in [-0.15, -0.1) is 0 Å². The van der Waals surface area contributed by atoms with Gasteiger partial charge in [-0.1, -0.05) is 31.2 Å². The van der Waals surface area contributed by atoms with E-state index in [1.807, 2.05) is 19.1 Å². The van der Waals surface area contributed by atoms with Crippen molar-refractivity contribution in [2.45, 2.75) is 26.2 Å². The largest absolute Gasteiger partial charge is 0.359 e. The van der Waals surface area contributed by atoms with Gasteiger partial charge in [0, 0.05) is 7.05 Å². The first-order valence-corrected chi connectivity index (χ1v) is 4.99. The molecular weight excluding hydrogens is 174 g/mol. The summed E-state index contributed by atoms with van der Waals surface area (Å²) in [6.07, 6.45) is 1.04. The third kappa shape index (κ3) is 2.34. The van der Waals surface area contributed by atoms with Crippen LogP contribution in [0.1, 0.15) is 30.9 Å². The summed E-state index contributed by atoms with van der Waals surface area (Å²) in [7, 11) is 1.67. The summed E-state index contributed by atoms with van der Waals surface area (Å²) in [6.45, 7) is 4.04. The van der Waals surface area contributed by atoms with Crippen LogP contribution < -0.4 is 5.32 Å². The third-order valence-corrected chi connectivity index (χ3v) is 2.53. The monoisotopic (exact) mass is 191 g/mol. The lowest BCUT2D eigenvalue weighted by Crippen LogP contribution is -2.23. The fourth-order valence-corrected chi connectivity index (χ4v) is 1.41. The van der Waals surface area contributed by atoms with Gasteiger partial charge in [-0.05, 0) is 24.5 Å². The summed E-state index contributed by atoms with van der Waals surface area (Å²) < 4.78 is 0. The van der Waals surface area contributed by atoms with Gasteiger partial charge in [0.25, 0.3) is 0 Å². The Hall–Kier alpha value is -1.31. The van der Waals surface area contributed by atoms with Crippen molar-refractivity contribution in [2.24, 2.45) is 0 Å². The van der Waals surface area contributed by atoms with Crippen LogP contribution in [0.2, 0.25) is 0 Å². The lowest BCUT2D eigenvalue weighted by molar-refractivity contribution is -0.121. The predicted molar refractivity (Wildman–Crippen MR) is 58.3 cm³/mol. The van der Waals surface area contributed by atoms with Gasteiger partial charge >= 0.3 is 0 Å². The highest BCUT2D eigenvalue weighted by Gasteiger charge is 2.12. The van der Waals surface area contributed by atoms with Crippen LogP contribution in [0, 0.1) is 0 Å². The van der Waals surface area contributed by atoms with Crippen molar-refractivity contribution in [1.82, 2.24) is 5.32 Å². The van der Waals surface area contributed by atoms with E-state index in [2.05, 4.69) is 24.4 Å². The van der Waals surface area contributed by atoms with Gasteiger partial charge in [-0.25, -0.2) is 0 Å². The molecule has 14 heavy (non-hydrogen) atoms. The zero-order valence-electron chi connectivity index (χ0n) is 9.00. The average molecular weight is 191 g/mol. The lowest BCUT2D eigenvalue weighted by Gasteiger charge is -2.10. The van der Waals surface area contributed by atoms with E-state index in [0.29, 0.717) is 0 Å². The highest BCUT2D eigenvalue weighted by Crippen LogP contribution is 2.15. The topological polar surface area (TPSA) is 29.1 Å². The van der Waals surface area contributed by atoms with Gasteiger partial charge in [-0.3, -0.25) is 4.79 Å². The average Bonchev–Trinajstić information content (AvgIpc) is 2.27. The molecule has 0 aliphatic heterocycles. The van der Waals surface area contributed by atoms with Crippen LogP contribution in [0.25, 0.3) is 0 Å². The molecule has 0 fully saturated rings. The van der Waals surface area contributed by atoms with Crippen molar-refractivity contribution >= 4 is 5.91 Å². The molecule has 1 aromatic rings. The number of benzene rings is 1. The molecule has 2 nitrogen and oxygen atoms in total. The van der Waals surface area contributed by atoms with E-state index in [1.165, 1.54) is 5.56 Å². The van der Waals surface area contributed by atoms with E-state index in [0.717, 1.165) is 12.0 Å². The Morgan fingerprint density at radius 2 is 1.93 bits per heavy atom. The van der Waals surface area contributed by atoms with Crippen LogP contribution in [0.4, 0.5) is 0 Å². The van der Waals surface area contributed by atoms with Crippen molar-refractivity contribution in [1.29, 1.82) is 0 Å². The summed E-state index contributed by atoms with van der Waals surface area (Å²) in [5.41, 5.74) is 2.37. The first kappa shape index (κ1) is 10.8. The second-order valence-electron chi connectivity index (χ2n) is 3.43. The first-order valence-electron chi connectivity index (χ1n) is 4.99. The molecule has 0 heterocycles. The molecule has 1 N–H and O–H groups in total. The van der Waals surface area contributed by atoms with E-state index in [9.17, 15) is 4.79 Å². The molecule has 0 radical (unpaired) electrons. The van der Waals surface area contributed by atoms with Gasteiger partial charge in [0.05, 0.1) is 5.92 Å². The van der Waals surface area contributed by atoms with Gasteiger partial charge in [-0.2, -0.15) is 0 Å². The highest BCUT2D eigenvalue weighted by atomic mass is 16.1. The molecule has 0 aliphatic rings. The summed E-state index contributed by atoms with van der Waals surface area (Å²) in [5, 5.41) is 2.65. The molecule has 1 rings (SSSR count). The molecule has 1 atom stereocenters. The van der Waals surface area contributed by atoms with Crippen molar-refractivity contribution < 1.29 is 4.79 Å². The smallest absolute Gasteiger partial charge is 0.227 e. The molecule has 0 spiro atoms. The van der Waals surface area contributed by atoms with E-state index >= 15 is 0 Å². The van der Waals surface area contributed by atoms with Gasteiger partial charge in [0.1, 0.15) is 0 Å². The summed E-state index contributed by atoms with van der Waals surface area (Å²) in [6, 6.07) is 8.21. The van der Waals surface area contributed by atoms with E-state index < -0.39 is 0 Å². The standard InChI is InChI=1S/C12H17NO/c1-4-10-5-7-11(8-6-10)9(2)12(14)13-3/h5-9H,4H2,1-3H3,(H,13,14). The maximum atomic E-state index is 11.4. The zero-order chi connectivity index (χ0) is 10.6. The predicted octanol–water partition coefficient (Wildman–Crippen LogP) is 2.10. The van der Waals surface area contributed by atoms with Crippen LogP contribution in [0.5, 0.6) is 0 Å². The molecule has 0 bridgehead atoms. The molecule has 0 aromatic heterocycles. The first-order chi connectivity index (χ1) is 6.69. The minimum Gasteiger partial charge on any atom is -0.359 e. The van der Waals surface area contributed by atoms with E-state index in [1.54, 1.807) is 7.05 Å². The Labute approximate surface area is 85.3 Å². The molecule has 76 valence electrons. The van der Waals surface area contributed by atoms with Crippen LogP contribution in [0.15, 0.2) is 24.3 Å². The van der Waals surface area contributed by atoms with Gasteiger partial charge in [0.2, 0.25) is 5.91 Å². The number of amides is 1. The minimum atomic E-state index is -0.0640. The Morgan fingerprint density at radius 3 is 2.36 bits per heavy atom. The third-order valence-electron chi connectivity index (χ3n) is 2.53. The maximum Gasteiger partial charge on any atom is 0.227 e. The number of carbonyl (C=O) groups is 1. The van der Waals surface area contributed by atoms with Crippen molar-refractivity contribution in [2.75, 3.05) is 7.05 Å². The van der Waals surface area contributed by atoms with Gasteiger partial charge < -0.3 is 5.32 Å². The maximum absolute atomic E-state index is 11.4. The molecule has 0 saturated carbocycles. The van der Waals surface area contributed by atoms with Crippen molar-refractivity contribution in [3.8, 4) is 0 Å². The molecule has 2 heteroatoms. The second kappa shape index (κ2) is 4.80. The molecule has 1 unspecified atom stereocenters. The van der Waals surface area contributed by atoms with Crippen LogP contribution >= 0.6 is 0 Å². The Bertz CT molecular complexity index is 303. The number of aryl methyl sites for hydroxylation is 1. The number of nitrogens with one attached hydrogen (secondary N) is 1. The number of hydrogen-bond donors (Lipinski definition) is 1. The Morgan fingerprint density at radius 1 is 1.36 bits per heavy atom. The fourth-order valence-electron chi connectivity index (χ4n) is 1.41. The summed E-state index contributed by atoms with van der Waals surface area (Å²) in [4.78, 5) is 11.4. The fraction of sp³-hybridized carbons (Fsp3) is 0.417. The van der Waals surface area contributed by atoms with Crippen molar-refractivity contribution in [3.05, 3.63) is 35.4 Å². The SMILES string of the molecule is CCc1ccc(C(C)C(=O)NC)cc1. The van der Waals surface area contributed by atoms with Crippen LogP contribution in [-0.4, -0.2) is 13.0 Å². The van der Waals surface area contributed by atoms with E-state index in [-0.39, 0.29) is 11.8 Å². The molecular formula is C12H17NO. The lowest BCUT2D eigenvalue weighted by atomic mass is 9.98. The molecule has 0 aliphatic carbocycles. The molecule has 1 amide bonds. The summed E-state index contributed by atoms with van der Waals surface area (Å²) in [5.74, 6) is 0.000143. The quantitative estimate of drug-likeness (QED) is 0.778. The Balaban J connectivity index is 2.81. The van der Waals surface area contributed by atoms with Gasteiger partial charge in [0.15, 0.2) is 0 Å². The number of hydrogen-bond acceptors (Lipinski definition) is 1. The normalized spacial score (nSPS) is 12.2. The highest BCUT2D eigenvalue weighted by molar-refractivity contribution is 5.82. The van der Waals surface area contributed by atoms with Crippen molar-refractivity contribution in [3.63, 3.8) is 0 Å². The number of likely N-dealkylation sites (N-methyl/N-ethyl adjacent to an activating group) is 1. The van der Waals surface area contributed by atoms with Crippen LogP contribution in [-0.2, 0) is 11.2 Å². The molecule has 0 saturated heterocycles. The number of rotatable bonds is 3. The van der Waals surface area contributed by atoms with E-state index in [4.69, 9.17) is 0 Å². The Kier molecular flexibility index (Phi) is 3.69. The van der Waals surface area contributed by atoms with Crippen LogP contribution in [0.3, 0.4) is 0 Å². The minimum absolute atomic E-state index is 0.0640. The zero-order valence-corrected chi connectivity index (χ0v) is 9.00.